The molecular weight excluding hydrogens is 296 g/mol. The number of aliphatic hydroxyl groups is 1. The first-order chi connectivity index (χ1) is 11.4. The van der Waals surface area contributed by atoms with E-state index in [2.05, 4.69) is 26.8 Å². The first kappa shape index (κ1) is 16.6. The second-order valence-electron chi connectivity index (χ2n) is 9.31. The van der Waals surface area contributed by atoms with Crippen molar-refractivity contribution in [2.45, 2.75) is 71.8 Å². The Morgan fingerprint density at radius 1 is 1.21 bits per heavy atom. The molecule has 0 aliphatic heterocycles. The van der Waals surface area contributed by atoms with Crippen molar-refractivity contribution in [1.29, 1.82) is 0 Å². The summed E-state index contributed by atoms with van der Waals surface area (Å²) in [6, 6.07) is 0. The van der Waals surface area contributed by atoms with Crippen LogP contribution in [0, 0.1) is 34.5 Å². The average Bonchev–Trinajstić information content (AvgIpc) is 2.92. The number of rotatable bonds is 2. The van der Waals surface area contributed by atoms with Gasteiger partial charge in [-0.25, -0.2) is 0 Å². The second-order valence-corrected chi connectivity index (χ2v) is 9.31. The zero-order chi connectivity index (χ0) is 17.1. The molecule has 4 rings (SSSR count). The molecule has 0 heterocycles. The quantitative estimate of drug-likeness (QED) is 0.799. The SMILES string of the molecule is CCC(O)[C@H]1CC[C@H]2[C@@H]3CCC4=CC(=O)C=C[C@]4(C)[C@H]3CC[C@]12C. The predicted molar refractivity (Wildman–Crippen MR) is 96.4 cm³/mol. The molecular formula is C22H32O2. The standard InChI is InChI=1S/C22H32O2/c1-4-20(24)19-8-7-17-16-6-5-14-13-15(23)9-11-21(14,2)18(16)10-12-22(17,19)3/h9,11,13,16-20,24H,4-8,10,12H2,1-3H3/t16-,17-,18-,19+,20?,21-,22-/m0/s1. The van der Waals surface area contributed by atoms with Crippen molar-refractivity contribution in [3.63, 3.8) is 0 Å². The third-order valence-electron chi connectivity index (χ3n) is 8.51. The van der Waals surface area contributed by atoms with E-state index in [-0.39, 0.29) is 17.3 Å². The van der Waals surface area contributed by atoms with Crippen LogP contribution in [0.3, 0.4) is 0 Å². The first-order valence-electron chi connectivity index (χ1n) is 10.0. The van der Waals surface area contributed by atoms with E-state index in [1.165, 1.54) is 37.7 Å². The Balaban J connectivity index is 1.65. The third kappa shape index (κ3) is 2.14. The minimum absolute atomic E-state index is 0.0968. The average molecular weight is 328 g/mol. The van der Waals surface area contributed by atoms with E-state index < -0.39 is 0 Å². The zero-order valence-electron chi connectivity index (χ0n) is 15.4. The molecule has 3 saturated carbocycles. The molecule has 0 amide bonds. The predicted octanol–water partition coefficient (Wildman–Crippen LogP) is 4.68. The summed E-state index contributed by atoms with van der Waals surface area (Å²) in [5.74, 6) is 2.86. The summed E-state index contributed by atoms with van der Waals surface area (Å²) in [4.78, 5) is 11.8. The molecule has 1 unspecified atom stereocenters. The number of allylic oxidation sites excluding steroid dienone is 4. The molecule has 0 radical (unpaired) electrons. The van der Waals surface area contributed by atoms with Crippen LogP contribution in [0.5, 0.6) is 0 Å². The summed E-state index contributed by atoms with van der Waals surface area (Å²) >= 11 is 0. The summed E-state index contributed by atoms with van der Waals surface area (Å²) in [7, 11) is 0. The lowest BCUT2D eigenvalue weighted by atomic mass is 9.47. The number of hydrogen-bond acceptors (Lipinski definition) is 2. The van der Waals surface area contributed by atoms with Crippen LogP contribution in [0.2, 0.25) is 0 Å². The molecule has 0 spiro atoms. The van der Waals surface area contributed by atoms with Gasteiger partial charge in [0.05, 0.1) is 6.10 Å². The number of ketones is 1. The largest absolute Gasteiger partial charge is 0.393 e. The highest BCUT2D eigenvalue weighted by molar-refractivity contribution is 6.01. The lowest BCUT2D eigenvalue weighted by Crippen LogP contribution is -2.50. The lowest BCUT2D eigenvalue weighted by Gasteiger charge is -2.57. The summed E-state index contributed by atoms with van der Waals surface area (Å²) in [6.45, 7) is 6.96. The van der Waals surface area contributed by atoms with Crippen LogP contribution in [0.1, 0.15) is 65.7 Å². The molecule has 0 aromatic rings. The summed E-state index contributed by atoms with van der Waals surface area (Å²) in [6.07, 6.45) is 14.0. The Morgan fingerprint density at radius 2 is 2.00 bits per heavy atom. The van der Waals surface area contributed by atoms with Crippen LogP contribution in [0.4, 0.5) is 0 Å². The topological polar surface area (TPSA) is 37.3 Å². The Morgan fingerprint density at radius 3 is 2.75 bits per heavy atom. The maximum atomic E-state index is 11.8. The van der Waals surface area contributed by atoms with Gasteiger partial charge >= 0.3 is 0 Å². The van der Waals surface area contributed by atoms with Gasteiger partial charge in [-0.1, -0.05) is 32.4 Å². The molecule has 1 N–H and O–H groups in total. The van der Waals surface area contributed by atoms with Crippen molar-refractivity contribution in [3.8, 4) is 0 Å². The highest BCUT2D eigenvalue weighted by atomic mass is 16.3. The van der Waals surface area contributed by atoms with E-state index in [4.69, 9.17) is 0 Å². The fourth-order valence-electron chi connectivity index (χ4n) is 7.15. The van der Waals surface area contributed by atoms with Gasteiger partial charge in [0.25, 0.3) is 0 Å². The molecule has 4 aliphatic carbocycles. The van der Waals surface area contributed by atoms with Crippen molar-refractivity contribution in [1.82, 2.24) is 0 Å². The van der Waals surface area contributed by atoms with Crippen LogP contribution < -0.4 is 0 Å². The molecule has 3 fully saturated rings. The van der Waals surface area contributed by atoms with Crippen LogP contribution in [0.15, 0.2) is 23.8 Å². The molecule has 0 aromatic heterocycles. The zero-order valence-corrected chi connectivity index (χ0v) is 15.4. The summed E-state index contributed by atoms with van der Waals surface area (Å²) < 4.78 is 0. The Bertz CT molecular complexity index is 603. The van der Waals surface area contributed by atoms with Gasteiger partial charge in [-0.2, -0.15) is 0 Å². The number of fused-ring (bicyclic) bond motifs is 5. The monoisotopic (exact) mass is 328 g/mol. The number of carbonyl (C=O) groups is 1. The second kappa shape index (κ2) is 5.56. The highest BCUT2D eigenvalue weighted by Gasteiger charge is 2.59. The molecule has 2 nitrogen and oxygen atoms in total. The van der Waals surface area contributed by atoms with Crippen molar-refractivity contribution in [2.75, 3.05) is 0 Å². The molecule has 0 bridgehead atoms. The van der Waals surface area contributed by atoms with Gasteiger partial charge in [0.15, 0.2) is 5.78 Å². The Labute approximate surface area is 146 Å². The summed E-state index contributed by atoms with van der Waals surface area (Å²) in [5.41, 5.74) is 1.80. The fraction of sp³-hybridized carbons (Fsp3) is 0.773. The molecule has 0 saturated heterocycles. The van der Waals surface area contributed by atoms with Crippen molar-refractivity contribution < 1.29 is 9.90 Å². The molecule has 7 atom stereocenters. The number of carbonyl (C=O) groups excluding carboxylic acids is 1. The first-order valence-corrected chi connectivity index (χ1v) is 10.0. The lowest BCUT2D eigenvalue weighted by molar-refractivity contribution is -0.111. The van der Waals surface area contributed by atoms with Gasteiger partial charge in [0, 0.05) is 5.41 Å². The van der Waals surface area contributed by atoms with E-state index in [9.17, 15) is 9.90 Å². The van der Waals surface area contributed by atoms with Crippen molar-refractivity contribution >= 4 is 5.78 Å². The van der Waals surface area contributed by atoms with Crippen LogP contribution in [-0.2, 0) is 4.79 Å². The Kier molecular flexibility index (Phi) is 3.84. The normalized spacial score (nSPS) is 48.3. The van der Waals surface area contributed by atoms with Crippen LogP contribution in [0.25, 0.3) is 0 Å². The maximum absolute atomic E-state index is 11.8. The molecule has 2 heteroatoms. The molecule has 132 valence electrons. The summed E-state index contributed by atoms with van der Waals surface area (Å²) in [5, 5.41) is 10.6. The van der Waals surface area contributed by atoms with Gasteiger partial charge in [-0.05, 0) is 86.2 Å². The van der Waals surface area contributed by atoms with E-state index in [0.717, 1.165) is 24.7 Å². The minimum Gasteiger partial charge on any atom is -0.393 e. The van der Waals surface area contributed by atoms with E-state index >= 15 is 0 Å². The van der Waals surface area contributed by atoms with Crippen LogP contribution >= 0.6 is 0 Å². The van der Waals surface area contributed by atoms with Crippen molar-refractivity contribution in [2.24, 2.45) is 34.5 Å². The van der Waals surface area contributed by atoms with Gasteiger partial charge in [0.2, 0.25) is 0 Å². The van der Waals surface area contributed by atoms with Gasteiger partial charge in [-0.15, -0.1) is 0 Å². The Hall–Kier alpha value is -0.890. The van der Waals surface area contributed by atoms with Gasteiger partial charge < -0.3 is 5.11 Å². The van der Waals surface area contributed by atoms with Gasteiger partial charge in [0.1, 0.15) is 0 Å². The van der Waals surface area contributed by atoms with E-state index in [0.29, 0.717) is 17.3 Å². The van der Waals surface area contributed by atoms with Crippen LogP contribution in [-0.4, -0.2) is 17.0 Å². The van der Waals surface area contributed by atoms with E-state index in [1.807, 2.05) is 6.08 Å². The van der Waals surface area contributed by atoms with E-state index in [1.54, 1.807) is 6.08 Å². The molecule has 24 heavy (non-hydrogen) atoms. The fourth-order valence-corrected chi connectivity index (χ4v) is 7.15. The third-order valence-corrected chi connectivity index (χ3v) is 8.51. The number of hydrogen-bond donors (Lipinski definition) is 1. The molecule has 0 aromatic carbocycles. The smallest absolute Gasteiger partial charge is 0.178 e. The molecule has 4 aliphatic rings. The maximum Gasteiger partial charge on any atom is 0.178 e. The number of aliphatic hydroxyl groups excluding tert-OH is 1. The van der Waals surface area contributed by atoms with Gasteiger partial charge in [-0.3, -0.25) is 4.79 Å². The van der Waals surface area contributed by atoms with Crippen molar-refractivity contribution in [3.05, 3.63) is 23.8 Å². The highest BCUT2D eigenvalue weighted by Crippen LogP contribution is 2.66. The minimum atomic E-state index is -0.126.